The third-order valence-corrected chi connectivity index (χ3v) is 2.78. The summed E-state index contributed by atoms with van der Waals surface area (Å²) in [7, 11) is 0. The van der Waals surface area contributed by atoms with Gasteiger partial charge in [-0.25, -0.2) is 4.98 Å². The fourth-order valence-electron chi connectivity index (χ4n) is 1.92. The van der Waals surface area contributed by atoms with Gasteiger partial charge in [0.2, 0.25) is 0 Å². The Balaban J connectivity index is 2.31. The summed E-state index contributed by atoms with van der Waals surface area (Å²) < 4.78 is 43.1. The number of halogens is 3. The van der Waals surface area contributed by atoms with Crippen molar-refractivity contribution in [3.05, 3.63) is 18.0 Å². The summed E-state index contributed by atoms with van der Waals surface area (Å²) >= 11 is 0. The second-order valence-electron chi connectivity index (χ2n) is 4.25. The summed E-state index contributed by atoms with van der Waals surface area (Å²) in [4.78, 5) is 5.11. The minimum Gasteiger partial charge on any atom is -0.396 e. The first-order valence-electron chi connectivity index (χ1n) is 5.57. The molecule has 1 aromatic heterocycles. The zero-order valence-corrected chi connectivity index (χ0v) is 9.87. The van der Waals surface area contributed by atoms with Gasteiger partial charge >= 0.3 is 6.18 Å². The molecular formula is C11H14F3N3O. The van der Waals surface area contributed by atoms with Crippen LogP contribution in [0, 0.1) is 0 Å². The van der Waals surface area contributed by atoms with E-state index in [4.69, 9.17) is 10.5 Å². The number of anilines is 2. The maximum atomic E-state index is 12.6. The second kappa shape index (κ2) is 4.64. The van der Waals surface area contributed by atoms with Crippen LogP contribution in [0.15, 0.2) is 12.3 Å². The number of hydrogen-bond acceptors (Lipinski definition) is 4. The fraction of sp³-hybridized carbons (Fsp3) is 0.545. The Kier molecular flexibility index (Phi) is 3.34. The van der Waals surface area contributed by atoms with Crippen molar-refractivity contribution in [1.29, 1.82) is 0 Å². The Morgan fingerprint density at radius 1 is 1.50 bits per heavy atom. The van der Waals surface area contributed by atoms with Crippen LogP contribution < -0.4 is 10.6 Å². The van der Waals surface area contributed by atoms with Crippen molar-refractivity contribution in [3.8, 4) is 0 Å². The Bertz CT molecular complexity index is 436. The quantitative estimate of drug-likeness (QED) is 0.839. The smallest absolute Gasteiger partial charge is 0.396 e. The Hall–Kier alpha value is -1.50. The lowest BCUT2D eigenvalue weighted by Crippen LogP contribution is -2.41. The molecule has 18 heavy (non-hydrogen) atoms. The number of pyridine rings is 1. The zero-order chi connectivity index (χ0) is 13.3. The largest absolute Gasteiger partial charge is 0.433 e. The first-order valence-corrected chi connectivity index (χ1v) is 5.57. The number of rotatable bonds is 1. The van der Waals surface area contributed by atoms with Crippen molar-refractivity contribution < 1.29 is 17.9 Å². The van der Waals surface area contributed by atoms with Crippen molar-refractivity contribution in [1.82, 2.24) is 4.98 Å². The third-order valence-electron chi connectivity index (χ3n) is 2.78. The van der Waals surface area contributed by atoms with E-state index in [0.29, 0.717) is 25.4 Å². The van der Waals surface area contributed by atoms with Crippen LogP contribution in [0.2, 0.25) is 0 Å². The van der Waals surface area contributed by atoms with Crippen LogP contribution in [0.5, 0.6) is 0 Å². The van der Waals surface area contributed by atoms with Gasteiger partial charge in [0.25, 0.3) is 0 Å². The van der Waals surface area contributed by atoms with Gasteiger partial charge in [-0.3, -0.25) is 0 Å². The van der Waals surface area contributed by atoms with E-state index in [9.17, 15) is 13.2 Å². The first kappa shape index (κ1) is 12.9. The maximum Gasteiger partial charge on any atom is 0.433 e. The van der Waals surface area contributed by atoms with Crippen molar-refractivity contribution in [2.24, 2.45) is 0 Å². The molecule has 0 bridgehead atoms. The van der Waals surface area contributed by atoms with E-state index in [2.05, 4.69) is 4.98 Å². The molecule has 1 atom stereocenters. The van der Waals surface area contributed by atoms with Gasteiger partial charge in [-0.2, -0.15) is 13.2 Å². The molecule has 2 rings (SSSR count). The highest BCUT2D eigenvalue weighted by Crippen LogP contribution is 2.33. The first-order chi connectivity index (χ1) is 8.38. The molecule has 0 radical (unpaired) electrons. The Morgan fingerprint density at radius 3 is 2.83 bits per heavy atom. The summed E-state index contributed by atoms with van der Waals surface area (Å²) in [5, 5.41) is 0. The summed E-state index contributed by atoms with van der Waals surface area (Å²) in [5.41, 5.74) is 5.39. The number of alkyl halides is 3. The van der Waals surface area contributed by atoms with Crippen LogP contribution in [0.1, 0.15) is 12.6 Å². The van der Waals surface area contributed by atoms with Gasteiger partial charge in [0, 0.05) is 13.1 Å². The zero-order valence-electron chi connectivity index (χ0n) is 9.87. The molecule has 1 aliphatic heterocycles. The molecule has 100 valence electrons. The van der Waals surface area contributed by atoms with Gasteiger partial charge in [0.15, 0.2) is 0 Å². The molecule has 0 amide bonds. The average Bonchev–Trinajstić information content (AvgIpc) is 2.28. The van der Waals surface area contributed by atoms with Crippen molar-refractivity contribution in [3.63, 3.8) is 0 Å². The van der Waals surface area contributed by atoms with Crippen molar-refractivity contribution >= 4 is 11.4 Å². The summed E-state index contributed by atoms with van der Waals surface area (Å²) in [5.74, 6) is 0. The molecule has 2 N–H and O–H groups in total. The van der Waals surface area contributed by atoms with Crippen LogP contribution in [0.3, 0.4) is 0 Å². The number of morpholine rings is 1. The molecule has 0 saturated carbocycles. The normalized spacial score (nSPS) is 21.1. The van der Waals surface area contributed by atoms with E-state index in [1.165, 1.54) is 0 Å². The van der Waals surface area contributed by atoms with E-state index in [0.717, 1.165) is 12.3 Å². The van der Waals surface area contributed by atoms with Gasteiger partial charge in [0.1, 0.15) is 5.69 Å². The number of nitrogens with zero attached hydrogens (tertiary/aromatic N) is 2. The third kappa shape index (κ3) is 2.66. The molecule has 7 heteroatoms. The van der Waals surface area contributed by atoms with Crippen LogP contribution in [0.4, 0.5) is 24.5 Å². The lowest BCUT2D eigenvalue weighted by molar-refractivity contribution is -0.141. The van der Waals surface area contributed by atoms with E-state index in [1.807, 2.05) is 6.92 Å². The highest BCUT2D eigenvalue weighted by molar-refractivity contribution is 5.67. The summed E-state index contributed by atoms with van der Waals surface area (Å²) in [6, 6.07) is 0.993. The molecule has 0 spiro atoms. The van der Waals surface area contributed by atoms with Gasteiger partial charge in [-0.15, -0.1) is 0 Å². The van der Waals surface area contributed by atoms with Gasteiger partial charge in [-0.05, 0) is 13.0 Å². The molecular weight excluding hydrogens is 247 g/mol. The standard InChI is InChI=1S/C11H14F3N3O/c1-7-6-17(2-3-18-7)9-4-10(11(12,13)14)16-5-8(9)15/h4-5,7H,2-3,6,15H2,1H3. The number of hydrogen-bond donors (Lipinski definition) is 1. The van der Waals surface area contributed by atoms with Crippen LogP contribution >= 0.6 is 0 Å². The Labute approximate surface area is 103 Å². The summed E-state index contributed by atoms with van der Waals surface area (Å²) in [6.07, 6.45) is -3.43. The van der Waals surface area contributed by atoms with Crippen LogP contribution in [-0.4, -0.2) is 30.8 Å². The number of nitrogen functional groups attached to an aromatic ring is 1. The minimum atomic E-state index is -4.46. The van der Waals surface area contributed by atoms with Crippen LogP contribution in [0.25, 0.3) is 0 Å². The van der Waals surface area contributed by atoms with E-state index >= 15 is 0 Å². The van der Waals surface area contributed by atoms with Crippen LogP contribution in [-0.2, 0) is 10.9 Å². The SMILES string of the molecule is CC1CN(c2cc(C(F)(F)F)ncc2N)CCO1. The molecule has 1 unspecified atom stereocenters. The number of nitrogens with two attached hydrogens (primary N) is 1. The molecule has 2 heterocycles. The van der Waals surface area contributed by atoms with E-state index < -0.39 is 11.9 Å². The minimum absolute atomic E-state index is 0.0272. The molecule has 4 nitrogen and oxygen atoms in total. The highest BCUT2D eigenvalue weighted by atomic mass is 19.4. The average molecular weight is 261 g/mol. The van der Waals surface area contributed by atoms with E-state index in [1.54, 1.807) is 4.90 Å². The molecule has 1 aromatic rings. The molecule has 1 aliphatic rings. The number of aromatic nitrogens is 1. The molecule has 1 fully saturated rings. The maximum absolute atomic E-state index is 12.6. The predicted octanol–water partition coefficient (Wildman–Crippen LogP) is 1.91. The second-order valence-corrected chi connectivity index (χ2v) is 4.25. The van der Waals surface area contributed by atoms with Crippen molar-refractivity contribution in [2.75, 3.05) is 30.3 Å². The van der Waals surface area contributed by atoms with Gasteiger partial charge in [-0.1, -0.05) is 0 Å². The lowest BCUT2D eigenvalue weighted by atomic mass is 10.2. The van der Waals surface area contributed by atoms with Gasteiger partial charge in [0.05, 0.1) is 30.3 Å². The molecule has 1 saturated heterocycles. The topological polar surface area (TPSA) is 51.4 Å². The van der Waals surface area contributed by atoms with E-state index in [-0.39, 0.29) is 11.8 Å². The summed E-state index contributed by atoms with van der Waals surface area (Å²) in [6.45, 7) is 3.39. The van der Waals surface area contributed by atoms with Gasteiger partial charge < -0.3 is 15.4 Å². The number of ether oxygens (including phenoxy) is 1. The molecule has 0 aromatic carbocycles. The fourth-order valence-corrected chi connectivity index (χ4v) is 1.92. The highest BCUT2D eigenvalue weighted by Gasteiger charge is 2.33. The lowest BCUT2D eigenvalue weighted by Gasteiger charge is -2.33. The monoisotopic (exact) mass is 261 g/mol. The Morgan fingerprint density at radius 2 is 2.22 bits per heavy atom. The van der Waals surface area contributed by atoms with Crippen molar-refractivity contribution in [2.45, 2.75) is 19.2 Å². The molecule has 0 aliphatic carbocycles. The predicted molar refractivity (Wildman–Crippen MR) is 61.3 cm³/mol.